The topological polar surface area (TPSA) is 49.3 Å². The molecule has 0 saturated heterocycles. The average molecular weight is 310 g/mol. The summed E-state index contributed by atoms with van der Waals surface area (Å²) in [4.78, 5) is 11.6. The van der Waals surface area contributed by atoms with E-state index in [4.69, 9.17) is 0 Å². The minimum absolute atomic E-state index is 0.176. The van der Waals surface area contributed by atoms with Crippen molar-refractivity contribution in [2.45, 2.75) is 18.9 Å². The van der Waals surface area contributed by atoms with Crippen LogP contribution in [0.4, 0.5) is 0 Å². The van der Waals surface area contributed by atoms with Gasteiger partial charge in [0, 0.05) is 17.1 Å². The Kier molecular flexibility index (Phi) is 4.55. The van der Waals surface area contributed by atoms with Crippen LogP contribution in [0.1, 0.15) is 18.4 Å². The van der Waals surface area contributed by atoms with Gasteiger partial charge in [-0.2, -0.15) is 0 Å². The van der Waals surface area contributed by atoms with Crippen molar-refractivity contribution in [1.82, 2.24) is 5.32 Å². The number of aliphatic hydroxyl groups is 1. The predicted molar refractivity (Wildman–Crippen MR) is 74.9 cm³/mol. The molecule has 0 bridgehead atoms. The summed E-state index contributed by atoms with van der Waals surface area (Å²) in [5, 5.41) is 12.3. The van der Waals surface area contributed by atoms with Crippen LogP contribution in [-0.2, 0) is 4.79 Å². The first-order valence-electron chi connectivity index (χ1n) is 6.05. The SMILES string of the molecule is O=C(/C=C/c1ccccc1Br)NCC(O)C1CC1. The second kappa shape index (κ2) is 6.16. The van der Waals surface area contributed by atoms with E-state index >= 15 is 0 Å². The summed E-state index contributed by atoms with van der Waals surface area (Å²) in [5.74, 6) is 0.211. The van der Waals surface area contributed by atoms with Crippen LogP contribution in [-0.4, -0.2) is 23.7 Å². The third-order valence-corrected chi connectivity index (χ3v) is 3.69. The molecule has 1 amide bonds. The van der Waals surface area contributed by atoms with E-state index in [1.54, 1.807) is 6.08 Å². The summed E-state index contributed by atoms with van der Waals surface area (Å²) in [7, 11) is 0. The molecule has 0 aliphatic heterocycles. The summed E-state index contributed by atoms with van der Waals surface area (Å²) in [6, 6.07) is 7.69. The van der Waals surface area contributed by atoms with Crippen LogP contribution in [0.25, 0.3) is 6.08 Å². The molecule has 1 aliphatic carbocycles. The number of halogens is 1. The first-order valence-corrected chi connectivity index (χ1v) is 6.84. The number of nitrogens with one attached hydrogen (secondary N) is 1. The van der Waals surface area contributed by atoms with E-state index in [1.807, 2.05) is 24.3 Å². The van der Waals surface area contributed by atoms with Gasteiger partial charge in [0.15, 0.2) is 0 Å². The van der Waals surface area contributed by atoms with Crippen LogP contribution in [0.15, 0.2) is 34.8 Å². The van der Waals surface area contributed by atoms with Gasteiger partial charge in [-0.15, -0.1) is 0 Å². The third kappa shape index (κ3) is 3.96. The second-order valence-corrected chi connectivity index (χ2v) is 5.36. The molecular weight excluding hydrogens is 294 g/mol. The van der Waals surface area contributed by atoms with E-state index in [9.17, 15) is 9.90 Å². The van der Waals surface area contributed by atoms with E-state index in [0.29, 0.717) is 12.5 Å². The van der Waals surface area contributed by atoms with Gasteiger partial charge in [-0.1, -0.05) is 34.1 Å². The van der Waals surface area contributed by atoms with Gasteiger partial charge in [-0.3, -0.25) is 4.79 Å². The highest BCUT2D eigenvalue weighted by Crippen LogP contribution is 2.32. The lowest BCUT2D eigenvalue weighted by molar-refractivity contribution is -0.116. The highest BCUT2D eigenvalue weighted by Gasteiger charge is 2.29. The minimum atomic E-state index is -0.397. The molecule has 0 radical (unpaired) electrons. The average Bonchev–Trinajstić information content (AvgIpc) is 3.19. The van der Waals surface area contributed by atoms with Crippen LogP contribution in [0.2, 0.25) is 0 Å². The largest absolute Gasteiger partial charge is 0.391 e. The maximum absolute atomic E-state index is 11.6. The molecule has 4 heteroatoms. The molecule has 1 unspecified atom stereocenters. The van der Waals surface area contributed by atoms with E-state index in [-0.39, 0.29) is 5.91 Å². The van der Waals surface area contributed by atoms with Crippen LogP contribution >= 0.6 is 15.9 Å². The Morgan fingerprint density at radius 1 is 1.50 bits per heavy atom. The zero-order valence-electron chi connectivity index (χ0n) is 9.97. The molecule has 2 N–H and O–H groups in total. The van der Waals surface area contributed by atoms with E-state index < -0.39 is 6.10 Å². The number of amides is 1. The van der Waals surface area contributed by atoms with Crippen molar-refractivity contribution in [1.29, 1.82) is 0 Å². The number of carbonyl (C=O) groups excluding carboxylic acids is 1. The van der Waals surface area contributed by atoms with Gasteiger partial charge in [-0.25, -0.2) is 0 Å². The second-order valence-electron chi connectivity index (χ2n) is 4.50. The molecule has 1 aromatic carbocycles. The van der Waals surface area contributed by atoms with Crippen molar-refractivity contribution in [3.8, 4) is 0 Å². The molecule has 3 nitrogen and oxygen atoms in total. The van der Waals surface area contributed by atoms with Crippen molar-refractivity contribution in [3.05, 3.63) is 40.4 Å². The first-order chi connectivity index (χ1) is 8.66. The molecule has 0 aromatic heterocycles. The van der Waals surface area contributed by atoms with E-state index in [1.165, 1.54) is 6.08 Å². The molecule has 2 rings (SSSR count). The van der Waals surface area contributed by atoms with Gasteiger partial charge in [0.05, 0.1) is 6.10 Å². The Morgan fingerprint density at radius 2 is 2.22 bits per heavy atom. The van der Waals surface area contributed by atoms with Gasteiger partial charge in [-0.05, 0) is 36.5 Å². The highest BCUT2D eigenvalue weighted by molar-refractivity contribution is 9.10. The Bertz CT molecular complexity index is 455. The summed E-state index contributed by atoms with van der Waals surface area (Å²) < 4.78 is 0.951. The van der Waals surface area contributed by atoms with Crippen LogP contribution in [0.5, 0.6) is 0 Å². The lowest BCUT2D eigenvalue weighted by atomic mass is 10.2. The Balaban J connectivity index is 1.81. The molecular formula is C14H16BrNO2. The van der Waals surface area contributed by atoms with Crippen molar-refractivity contribution in [2.75, 3.05) is 6.54 Å². The zero-order valence-corrected chi connectivity index (χ0v) is 11.6. The Morgan fingerprint density at radius 3 is 2.89 bits per heavy atom. The predicted octanol–water partition coefficient (Wildman–Crippen LogP) is 2.35. The highest BCUT2D eigenvalue weighted by atomic mass is 79.9. The number of rotatable bonds is 5. The Hall–Kier alpha value is -1.13. The lowest BCUT2D eigenvalue weighted by Crippen LogP contribution is -2.31. The van der Waals surface area contributed by atoms with Gasteiger partial charge < -0.3 is 10.4 Å². The standard InChI is InChI=1S/C14H16BrNO2/c15-12-4-2-1-3-10(12)7-8-14(18)16-9-13(17)11-5-6-11/h1-4,7-8,11,13,17H,5-6,9H2,(H,16,18)/b8-7+. The summed E-state index contributed by atoms with van der Waals surface area (Å²) in [6.07, 6.45) is 4.99. The molecule has 96 valence electrons. The fraction of sp³-hybridized carbons (Fsp3) is 0.357. The minimum Gasteiger partial charge on any atom is -0.391 e. The molecule has 1 fully saturated rings. The summed E-state index contributed by atoms with van der Waals surface area (Å²) in [6.45, 7) is 0.337. The first kappa shape index (κ1) is 13.3. The number of benzene rings is 1. The van der Waals surface area contributed by atoms with Crippen molar-refractivity contribution < 1.29 is 9.90 Å². The quantitative estimate of drug-likeness (QED) is 0.820. The third-order valence-electron chi connectivity index (χ3n) is 2.97. The molecule has 1 atom stereocenters. The number of hydrogen-bond acceptors (Lipinski definition) is 2. The van der Waals surface area contributed by atoms with Crippen LogP contribution < -0.4 is 5.32 Å². The van der Waals surface area contributed by atoms with Gasteiger partial charge in [0.2, 0.25) is 5.91 Å². The van der Waals surface area contributed by atoms with Crippen molar-refractivity contribution >= 4 is 27.9 Å². The van der Waals surface area contributed by atoms with Gasteiger partial charge in [0.25, 0.3) is 0 Å². The molecule has 0 spiro atoms. The number of carbonyl (C=O) groups is 1. The van der Waals surface area contributed by atoms with Gasteiger partial charge >= 0.3 is 0 Å². The van der Waals surface area contributed by atoms with Gasteiger partial charge in [0.1, 0.15) is 0 Å². The maximum atomic E-state index is 11.6. The fourth-order valence-electron chi connectivity index (χ4n) is 1.69. The number of hydrogen-bond donors (Lipinski definition) is 2. The fourth-order valence-corrected chi connectivity index (χ4v) is 2.10. The number of aliphatic hydroxyl groups excluding tert-OH is 1. The maximum Gasteiger partial charge on any atom is 0.244 e. The molecule has 1 aliphatic rings. The summed E-state index contributed by atoms with van der Waals surface area (Å²) in [5.41, 5.74) is 0.954. The molecule has 0 heterocycles. The monoisotopic (exact) mass is 309 g/mol. The molecule has 1 saturated carbocycles. The molecule has 1 aromatic rings. The zero-order chi connectivity index (χ0) is 13.0. The van der Waals surface area contributed by atoms with E-state index in [0.717, 1.165) is 22.9 Å². The van der Waals surface area contributed by atoms with Crippen LogP contribution in [0, 0.1) is 5.92 Å². The smallest absolute Gasteiger partial charge is 0.244 e. The lowest BCUT2D eigenvalue weighted by Gasteiger charge is -2.08. The normalized spacial score (nSPS) is 16.8. The summed E-state index contributed by atoms with van der Waals surface area (Å²) >= 11 is 3.41. The van der Waals surface area contributed by atoms with Crippen LogP contribution in [0.3, 0.4) is 0 Å². The van der Waals surface area contributed by atoms with E-state index in [2.05, 4.69) is 21.2 Å². The molecule has 18 heavy (non-hydrogen) atoms. The van der Waals surface area contributed by atoms with Crippen molar-refractivity contribution in [3.63, 3.8) is 0 Å². The van der Waals surface area contributed by atoms with Crippen molar-refractivity contribution in [2.24, 2.45) is 5.92 Å². The Labute approximate surface area is 115 Å².